The Balaban J connectivity index is -0.000000149. The van der Waals surface area contributed by atoms with Crippen LogP contribution in [0.5, 0.6) is 0 Å². The molecule has 26 heavy (non-hydrogen) atoms. The van der Waals surface area contributed by atoms with E-state index in [0.29, 0.717) is 18.6 Å². The number of carbonyl (C=O) groups is 5. The molecule has 10 nitrogen and oxygen atoms in total. The number of nitrogens with zero attached hydrogens (tertiary/aromatic N) is 1. The van der Waals surface area contributed by atoms with Crippen molar-refractivity contribution < 1.29 is 39.1 Å². The number of Topliss-reactive ketones (excluding diaryl/α,β-unsaturated/α-hetero) is 5. The Hall–Kier alpha value is -2.30. The summed E-state index contributed by atoms with van der Waals surface area (Å²) in [6, 6.07) is 0. The van der Waals surface area contributed by atoms with Gasteiger partial charge in [-0.2, -0.15) is 0 Å². The first kappa shape index (κ1) is 31.5. The van der Waals surface area contributed by atoms with Crippen LogP contribution in [-0.4, -0.2) is 53.3 Å². The third-order valence-corrected chi connectivity index (χ3v) is 2.19. The predicted molar refractivity (Wildman–Crippen MR) is 95.5 cm³/mol. The molecule has 0 aliphatic rings. The zero-order valence-electron chi connectivity index (χ0n) is 16.2. The fraction of sp³-hybridized carbons (Fsp3) is 0.625. The zero-order valence-corrected chi connectivity index (χ0v) is 16.2. The van der Waals surface area contributed by atoms with Crippen molar-refractivity contribution in [3.8, 4) is 0 Å². The second kappa shape index (κ2) is 20.7. The largest absolute Gasteiger partial charge is 0.412 e. The molecule has 152 valence electrons. The van der Waals surface area contributed by atoms with E-state index in [4.69, 9.17) is 0 Å². The van der Waals surface area contributed by atoms with Gasteiger partial charge in [0.15, 0.2) is 35.5 Å². The minimum Gasteiger partial charge on any atom is -0.412 e. The second-order valence-corrected chi connectivity index (χ2v) is 4.77. The molecule has 0 saturated carbocycles. The fourth-order valence-corrected chi connectivity index (χ4v) is 0.893. The Morgan fingerprint density at radius 1 is 0.808 bits per heavy atom. The van der Waals surface area contributed by atoms with Gasteiger partial charge in [-0.15, -0.1) is 0 Å². The number of hydrogen-bond acceptors (Lipinski definition) is 9. The van der Waals surface area contributed by atoms with Gasteiger partial charge in [0.1, 0.15) is 12.3 Å². The van der Waals surface area contributed by atoms with Crippen LogP contribution >= 0.6 is 0 Å². The summed E-state index contributed by atoms with van der Waals surface area (Å²) in [5.74, 6) is 3.63. The zero-order chi connectivity index (χ0) is 20.4. The Kier molecular flexibility index (Phi) is 25.1. The molecule has 10 heteroatoms. The van der Waals surface area contributed by atoms with Gasteiger partial charge in [-0.05, 0) is 20.8 Å². The molecule has 0 aliphatic heterocycles. The lowest BCUT2D eigenvalue weighted by Gasteiger charge is -1.96. The Bertz CT molecular complexity index is 487. The van der Waals surface area contributed by atoms with Crippen molar-refractivity contribution in [1.82, 2.24) is 0 Å². The summed E-state index contributed by atoms with van der Waals surface area (Å²) < 4.78 is 0. The lowest BCUT2D eigenvalue weighted by molar-refractivity contribution is -0.135. The molecular formula is C16H30N2O8. The maximum Gasteiger partial charge on any atom is 0.197 e. The van der Waals surface area contributed by atoms with Crippen LogP contribution in [0, 0.1) is 0 Å². The first-order valence-corrected chi connectivity index (χ1v) is 7.57. The highest BCUT2D eigenvalue weighted by molar-refractivity contribution is 6.38. The maximum atomic E-state index is 10.9. The van der Waals surface area contributed by atoms with Crippen molar-refractivity contribution >= 4 is 34.6 Å². The lowest BCUT2D eigenvalue weighted by atomic mass is 10.2. The number of hydrogen-bond donors (Lipinski definition) is 1. The fourth-order valence-electron chi connectivity index (χ4n) is 0.893. The average Bonchev–Trinajstić information content (AvgIpc) is 2.53. The molecule has 0 amide bonds. The van der Waals surface area contributed by atoms with Gasteiger partial charge in [-0.1, -0.05) is 19.0 Å². The summed E-state index contributed by atoms with van der Waals surface area (Å²) in [4.78, 5) is 59.9. The van der Waals surface area contributed by atoms with Gasteiger partial charge in [-0.3, -0.25) is 28.8 Å². The van der Waals surface area contributed by atoms with Crippen LogP contribution in [0.1, 0.15) is 54.4 Å². The lowest BCUT2D eigenvalue weighted by Crippen LogP contribution is -2.10. The van der Waals surface area contributed by atoms with Crippen molar-refractivity contribution in [3.05, 3.63) is 0 Å². The van der Waals surface area contributed by atoms with Gasteiger partial charge in [0.2, 0.25) is 0 Å². The Morgan fingerprint density at radius 2 is 1.23 bits per heavy atom. The van der Waals surface area contributed by atoms with Gasteiger partial charge in [0.05, 0.1) is 0 Å². The van der Waals surface area contributed by atoms with E-state index in [9.17, 15) is 24.0 Å². The average molecular weight is 378 g/mol. The number of nitrogens with two attached hydrogens (primary N) is 1. The van der Waals surface area contributed by atoms with Crippen LogP contribution in [0.15, 0.2) is 5.16 Å². The summed E-state index contributed by atoms with van der Waals surface area (Å²) >= 11 is 0. The van der Waals surface area contributed by atoms with E-state index in [2.05, 4.69) is 20.7 Å². The predicted octanol–water partition coefficient (Wildman–Crippen LogP) is 0.142. The molecule has 0 bridgehead atoms. The minimum atomic E-state index is -0.345. The number of carbonyl (C=O) groups excluding carboxylic acids is 5. The van der Waals surface area contributed by atoms with E-state index in [1.807, 2.05) is 0 Å². The summed E-state index contributed by atoms with van der Waals surface area (Å²) in [7, 11) is 0. The third-order valence-electron chi connectivity index (χ3n) is 2.19. The Morgan fingerprint density at radius 3 is 1.42 bits per heavy atom. The molecule has 0 saturated heterocycles. The molecule has 0 unspecified atom stereocenters. The quantitative estimate of drug-likeness (QED) is 0.335. The minimum absolute atomic E-state index is 0. The van der Waals surface area contributed by atoms with E-state index >= 15 is 0 Å². The van der Waals surface area contributed by atoms with Crippen molar-refractivity contribution in [2.24, 2.45) is 11.1 Å². The molecule has 0 atom stereocenters. The number of rotatable bonds is 9. The van der Waals surface area contributed by atoms with Crippen LogP contribution < -0.4 is 5.90 Å². The molecule has 0 rings (SSSR count). The first-order valence-electron chi connectivity index (χ1n) is 7.57. The first-order chi connectivity index (χ1) is 11.5. The highest BCUT2D eigenvalue weighted by Crippen LogP contribution is 1.88. The smallest absolute Gasteiger partial charge is 0.197 e. The van der Waals surface area contributed by atoms with Gasteiger partial charge < -0.3 is 10.3 Å². The summed E-state index contributed by atoms with van der Waals surface area (Å²) in [6.07, 6.45) is 0.730. The van der Waals surface area contributed by atoms with E-state index < -0.39 is 0 Å². The number of ketones is 5. The maximum absolute atomic E-state index is 10.9. The molecule has 0 aromatic rings. The van der Waals surface area contributed by atoms with Gasteiger partial charge >= 0.3 is 0 Å². The summed E-state index contributed by atoms with van der Waals surface area (Å²) in [5.41, 5.74) is 0.304. The van der Waals surface area contributed by atoms with E-state index in [1.165, 1.54) is 20.8 Å². The third kappa shape index (κ3) is 26.6. The highest BCUT2D eigenvalue weighted by atomic mass is 16.6. The molecule has 0 aromatic carbocycles. The molecular weight excluding hydrogens is 348 g/mol. The molecule has 0 spiro atoms. The van der Waals surface area contributed by atoms with Crippen molar-refractivity contribution in [2.75, 3.05) is 13.2 Å². The van der Waals surface area contributed by atoms with Gasteiger partial charge in [-0.25, -0.2) is 5.90 Å². The van der Waals surface area contributed by atoms with Crippen LogP contribution in [0.3, 0.4) is 0 Å². The molecule has 4 N–H and O–H groups in total. The van der Waals surface area contributed by atoms with Crippen molar-refractivity contribution in [3.63, 3.8) is 0 Å². The standard InChI is InChI=1S/C8H13NO3.C5H8O2.C3H7NO2.H2O/c1-4-8(11)7(3)9-12-5-6(2)10;1-3-5(7)4(2)6;1-3(5)2-6-4;/h4-5H2,1-3H3;3H2,1-2H3;2,4H2,1H3;1H2/b9-7+;;;. The summed E-state index contributed by atoms with van der Waals surface area (Å²) in [6.45, 7) is 9.00. The Labute approximate surface area is 153 Å². The van der Waals surface area contributed by atoms with Crippen LogP contribution in [0.25, 0.3) is 0 Å². The highest BCUT2D eigenvalue weighted by Gasteiger charge is 2.02. The van der Waals surface area contributed by atoms with Crippen molar-refractivity contribution in [2.45, 2.75) is 54.4 Å². The molecule has 0 aromatic heterocycles. The van der Waals surface area contributed by atoms with Crippen LogP contribution in [0.4, 0.5) is 0 Å². The monoisotopic (exact) mass is 378 g/mol. The van der Waals surface area contributed by atoms with E-state index in [1.54, 1.807) is 20.8 Å². The SMILES string of the molecule is CC(=O)CON.CCC(=O)/C(C)=N/OCC(C)=O.CCC(=O)C(C)=O.O. The summed E-state index contributed by atoms with van der Waals surface area (Å²) in [5, 5.41) is 3.48. The topological polar surface area (TPSA) is 174 Å². The normalized spacial score (nSPS) is 9.27. The second-order valence-electron chi connectivity index (χ2n) is 4.77. The van der Waals surface area contributed by atoms with Crippen LogP contribution in [0.2, 0.25) is 0 Å². The van der Waals surface area contributed by atoms with Crippen molar-refractivity contribution in [1.29, 1.82) is 0 Å². The van der Waals surface area contributed by atoms with E-state index in [0.717, 1.165) is 0 Å². The molecule has 0 radical (unpaired) electrons. The van der Waals surface area contributed by atoms with Crippen LogP contribution in [-0.2, 0) is 33.6 Å². The molecule has 0 fully saturated rings. The van der Waals surface area contributed by atoms with Gasteiger partial charge in [0.25, 0.3) is 0 Å². The number of oxime groups is 1. The van der Waals surface area contributed by atoms with Gasteiger partial charge in [0, 0.05) is 19.8 Å². The molecule has 0 aliphatic carbocycles. The molecule has 0 heterocycles. The van der Waals surface area contributed by atoms with E-state index in [-0.39, 0.29) is 47.6 Å².